The predicted octanol–water partition coefficient (Wildman–Crippen LogP) is 2.44. The lowest BCUT2D eigenvalue weighted by molar-refractivity contribution is -0.120. The molecule has 0 aliphatic carbocycles. The maximum Gasteiger partial charge on any atom is 0.282 e. The number of aromatic amines is 1. The van der Waals surface area contributed by atoms with Gasteiger partial charge in [0.25, 0.3) is 17.4 Å². The maximum atomic E-state index is 13.7. The van der Waals surface area contributed by atoms with Crippen molar-refractivity contribution in [1.29, 1.82) is 0 Å². The molecular weight excluding hydrogens is 424 g/mol. The fourth-order valence-electron chi connectivity index (χ4n) is 4.11. The minimum Gasteiger partial charge on any atom is -0.454 e. The van der Waals surface area contributed by atoms with Crippen LogP contribution in [0.15, 0.2) is 59.0 Å². The van der Waals surface area contributed by atoms with E-state index in [1.807, 2.05) is 25.1 Å². The van der Waals surface area contributed by atoms with Gasteiger partial charge in [0.2, 0.25) is 6.79 Å². The van der Waals surface area contributed by atoms with Crippen LogP contribution in [-0.4, -0.2) is 46.9 Å². The molecule has 9 nitrogen and oxygen atoms in total. The largest absolute Gasteiger partial charge is 0.454 e. The van der Waals surface area contributed by atoms with Crippen LogP contribution in [0.2, 0.25) is 0 Å². The molecule has 2 aromatic carbocycles. The number of nitrogens with zero attached hydrogens (tertiary/aromatic N) is 3. The molecule has 0 spiro atoms. The molecule has 2 aliphatic rings. The monoisotopic (exact) mass is 446 g/mol. The Balaban J connectivity index is 1.66. The maximum absolute atomic E-state index is 13.7. The van der Waals surface area contributed by atoms with Gasteiger partial charge in [-0.2, -0.15) is 0 Å². The molecule has 0 atom stereocenters. The average Bonchev–Trinajstić information content (AvgIpc) is 3.47. The number of nitrogens with one attached hydrogen (secondary N) is 1. The molecule has 9 heteroatoms. The van der Waals surface area contributed by atoms with Crippen molar-refractivity contribution in [2.75, 3.05) is 25.3 Å². The highest BCUT2D eigenvalue weighted by Crippen LogP contribution is 2.39. The first kappa shape index (κ1) is 20.6. The van der Waals surface area contributed by atoms with Crippen LogP contribution in [0.3, 0.4) is 0 Å². The lowest BCUT2D eigenvalue weighted by Gasteiger charge is -2.19. The van der Waals surface area contributed by atoms with Gasteiger partial charge in [-0.1, -0.05) is 18.2 Å². The summed E-state index contributed by atoms with van der Waals surface area (Å²) in [6.07, 6.45) is 0. The number of H-pyrrole nitrogens is 1. The van der Waals surface area contributed by atoms with E-state index >= 15 is 0 Å². The molecule has 0 saturated carbocycles. The minimum absolute atomic E-state index is 0.0789. The number of hydrogen-bond donors (Lipinski definition) is 1. The van der Waals surface area contributed by atoms with Crippen LogP contribution in [0.25, 0.3) is 11.3 Å². The summed E-state index contributed by atoms with van der Waals surface area (Å²) < 4.78 is 12.1. The van der Waals surface area contributed by atoms with E-state index in [-0.39, 0.29) is 23.6 Å². The fraction of sp³-hybridized carbons (Fsp3) is 0.208. The zero-order valence-electron chi connectivity index (χ0n) is 18.4. The third kappa shape index (κ3) is 3.12. The smallest absolute Gasteiger partial charge is 0.282 e. The van der Waals surface area contributed by atoms with Gasteiger partial charge in [0.05, 0.1) is 22.5 Å². The van der Waals surface area contributed by atoms with Crippen molar-refractivity contribution in [3.8, 4) is 17.2 Å². The van der Waals surface area contributed by atoms with Crippen LogP contribution in [0.5, 0.6) is 11.5 Å². The molecular formula is C24H22N4O5. The van der Waals surface area contributed by atoms with Gasteiger partial charge in [-0.25, -0.2) is 9.58 Å². The first-order chi connectivity index (χ1) is 15.9. The number of benzene rings is 2. The summed E-state index contributed by atoms with van der Waals surface area (Å²) >= 11 is 0. The highest BCUT2D eigenvalue weighted by molar-refractivity contribution is 6.45. The molecule has 33 heavy (non-hydrogen) atoms. The van der Waals surface area contributed by atoms with Crippen LogP contribution >= 0.6 is 0 Å². The fourth-order valence-corrected chi connectivity index (χ4v) is 4.11. The highest BCUT2D eigenvalue weighted by Gasteiger charge is 2.44. The Kier molecular flexibility index (Phi) is 4.81. The standard InChI is InChI=1S/C24H22N4O5/c1-4-26(3)21-20(19-14(2)25-28(23(19)30)15-8-6-5-7-9-15)22(29)27(24(21)31)16-10-11-17-18(12-16)33-13-32-17/h5-12,25H,4,13H2,1-3H3. The van der Waals surface area contributed by atoms with Gasteiger partial charge < -0.3 is 14.4 Å². The number of para-hydroxylation sites is 1. The number of fused-ring (bicyclic) bond motifs is 1. The van der Waals surface area contributed by atoms with E-state index in [0.717, 1.165) is 4.90 Å². The van der Waals surface area contributed by atoms with Gasteiger partial charge in [-0.15, -0.1) is 0 Å². The Bertz CT molecular complexity index is 1370. The molecule has 0 radical (unpaired) electrons. The summed E-state index contributed by atoms with van der Waals surface area (Å²) in [5.74, 6) is -0.0570. The summed E-state index contributed by atoms with van der Waals surface area (Å²) in [7, 11) is 1.72. The van der Waals surface area contributed by atoms with E-state index < -0.39 is 17.4 Å². The topological polar surface area (TPSA) is 96.9 Å². The summed E-state index contributed by atoms with van der Waals surface area (Å²) in [5, 5.41) is 3.04. The number of ether oxygens (including phenoxy) is 2. The summed E-state index contributed by atoms with van der Waals surface area (Å²) in [6.45, 7) is 4.14. The minimum atomic E-state index is -0.562. The molecule has 5 rings (SSSR count). The number of carbonyl (C=O) groups is 2. The van der Waals surface area contributed by atoms with Gasteiger partial charge in [0.15, 0.2) is 11.5 Å². The zero-order chi connectivity index (χ0) is 23.3. The molecule has 2 amide bonds. The van der Waals surface area contributed by atoms with E-state index in [2.05, 4.69) is 5.10 Å². The van der Waals surface area contributed by atoms with Crippen LogP contribution in [-0.2, 0) is 9.59 Å². The molecule has 2 aliphatic heterocycles. The van der Waals surface area contributed by atoms with Crippen molar-refractivity contribution in [1.82, 2.24) is 14.7 Å². The van der Waals surface area contributed by atoms with Gasteiger partial charge in [0.1, 0.15) is 5.70 Å². The van der Waals surface area contributed by atoms with Crippen LogP contribution in [0.1, 0.15) is 18.2 Å². The number of likely N-dealkylation sites (N-methyl/N-ethyl adjacent to an activating group) is 1. The number of amides is 2. The number of carbonyl (C=O) groups excluding carboxylic acids is 2. The lowest BCUT2D eigenvalue weighted by atomic mass is 10.1. The number of aromatic nitrogens is 2. The van der Waals surface area contributed by atoms with E-state index in [4.69, 9.17) is 9.47 Å². The van der Waals surface area contributed by atoms with Crippen molar-refractivity contribution in [2.24, 2.45) is 0 Å². The molecule has 168 valence electrons. The second-order valence-electron chi connectivity index (χ2n) is 7.81. The van der Waals surface area contributed by atoms with Crippen molar-refractivity contribution < 1.29 is 19.1 Å². The Morgan fingerprint density at radius 2 is 1.70 bits per heavy atom. The second-order valence-corrected chi connectivity index (χ2v) is 7.81. The second kappa shape index (κ2) is 7.70. The van der Waals surface area contributed by atoms with Gasteiger partial charge in [0, 0.05) is 25.4 Å². The predicted molar refractivity (Wildman–Crippen MR) is 121 cm³/mol. The van der Waals surface area contributed by atoms with Crippen LogP contribution in [0.4, 0.5) is 5.69 Å². The van der Waals surface area contributed by atoms with E-state index in [1.54, 1.807) is 49.2 Å². The Morgan fingerprint density at radius 1 is 0.970 bits per heavy atom. The summed E-state index contributed by atoms with van der Waals surface area (Å²) in [6, 6.07) is 13.9. The van der Waals surface area contributed by atoms with Crippen molar-refractivity contribution in [3.63, 3.8) is 0 Å². The summed E-state index contributed by atoms with van der Waals surface area (Å²) in [5.41, 5.74) is 1.51. The van der Waals surface area contributed by atoms with Crippen LogP contribution in [0, 0.1) is 6.92 Å². The van der Waals surface area contributed by atoms with Gasteiger partial charge in [-0.05, 0) is 38.1 Å². The zero-order valence-corrected chi connectivity index (χ0v) is 18.4. The Morgan fingerprint density at radius 3 is 2.42 bits per heavy atom. The van der Waals surface area contributed by atoms with E-state index in [0.29, 0.717) is 35.1 Å². The molecule has 0 unspecified atom stereocenters. The quantitative estimate of drug-likeness (QED) is 0.605. The molecule has 0 saturated heterocycles. The normalized spacial score (nSPS) is 15.1. The van der Waals surface area contributed by atoms with Crippen LogP contribution < -0.4 is 19.9 Å². The van der Waals surface area contributed by atoms with E-state index in [9.17, 15) is 14.4 Å². The SMILES string of the molecule is CCN(C)C1=C(c2c(C)[nH]n(-c3ccccc3)c2=O)C(=O)N(c2ccc3c(c2)OCO3)C1=O. The number of rotatable bonds is 5. The van der Waals surface area contributed by atoms with Gasteiger partial charge >= 0.3 is 0 Å². The molecule has 1 N–H and O–H groups in total. The number of anilines is 1. The Labute approximate surface area is 189 Å². The summed E-state index contributed by atoms with van der Waals surface area (Å²) in [4.78, 5) is 43.4. The van der Waals surface area contributed by atoms with E-state index in [1.165, 1.54) is 4.68 Å². The lowest BCUT2D eigenvalue weighted by Crippen LogP contribution is -2.34. The van der Waals surface area contributed by atoms with Gasteiger partial charge in [-0.3, -0.25) is 19.5 Å². The Hall–Kier alpha value is -4.27. The third-order valence-electron chi connectivity index (χ3n) is 5.87. The van der Waals surface area contributed by atoms with Crippen molar-refractivity contribution in [3.05, 3.63) is 75.8 Å². The molecule has 0 bridgehead atoms. The van der Waals surface area contributed by atoms with Crippen molar-refractivity contribution >= 4 is 23.1 Å². The van der Waals surface area contributed by atoms with Crippen molar-refractivity contribution in [2.45, 2.75) is 13.8 Å². The number of imide groups is 1. The molecule has 3 aromatic rings. The third-order valence-corrected chi connectivity index (χ3v) is 5.87. The number of hydrogen-bond acceptors (Lipinski definition) is 6. The first-order valence-corrected chi connectivity index (χ1v) is 10.5. The molecule has 1 aromatic heterocycles. The first-order valence-electron chi connectivity index (χ1n) is 10.5. The highest BCUT2D eigenvalue weighted by atomic mass is 16.7. The molecule has 3 heterocycles. The number of aryl methyl sites for hydroxylation is 1. The average molecular weight is 446 g/mol. The molecule has 0 fully saturated rings.